The van der Waals surface area contributed by atoms with E-state index in [1.165, 1.54) is 39.9 Å². The minimum absolute atomic E-state index is 0.169. The predicted octanol–water partition coefficient (Wildman–Crippen LogP) is 2.97. The quantitative estimate of drug-likeness (QED) is 0.612. The molecule has 1 aliphatic rings. The lowest BCUT2D eigenvalue weighted by Crippen LogP contribution is -2.38. The topological polar surface area (TPSA) is 85.8 Å². The normalized spacial score (nSPS) is 15.4. The Hall–Kier alpha value is -2.83. The van der Waals surface area contributed by atoms with E-state index in [0.29, 0.717) is 12.3 Å². The molecule has 28 heavy (non-hydrogen) atoms. The van der Waals surface area contributed by atoms with Crippen molar-refractivity contribution in [2.24, 2.45) is 0 Å². The summed E-state index contributed by atoms with van der Waals surface area (Å²) in [6.07, 6.45) is 0.320. The van der Waals surface area contributed by atoms with E-state index in [0.717, 1.165) is 19.5 Å². The highest BCUT2D eigenvalue weighted by molar-refractivity contribution is 5.87. The number of carboxylic acids is 1. The number of aliphatic hydroxyl groups excluding tert-OH is 1. The lowest BCUT2D eigenvalue weighted by Gasteiger charge is -2.29. The average Bonchev–Trinajstić information content (AvgIpc) is 3.04. The summed E-state index contributed by atoms with van der Waals surface area (Å²) in [7, 11) is 0. The van der Waals surface area contributed by atoms with Gasteiger partial charge in [-0.15, -0.1) is 0 Å². The molecule has 3 N–H and O–H groups in total. The summed E-state index contributed by atoms with van der Waals surface area (Å²) < 4.78 is 5.61. The van der Waals surface area contributed by atoms with Crippen LogP contribution in [0.3, 0.4) is 0 Å². The van der Waals surface area contributed by atoms with E-state index in [-0.39, 0.29) is 12.2 Å². The monoisotopic (exact) mass is 380 g/mol. The van der Waals surface area contributed by atoms with Gasteiger partial charge in [-0.05, 0) is 48.9 Å². The highest BCUT2D eigenvalue weighted by Crippen LogP contribution is 2.28. The smallest absolute Gasteiger partial charge is 0.335 e. The van der Waals surface area contributed by atoms with Gasteiger partial charge in [0.15, 0.2) is 0 Å². The molecule has 0 saturated carbocycles. The zero-order valence-electron chi connectivity index (χ0n) is 15.8. The van der Waals surface area contributed by atoms with Gasteiger partial charge in [0.25, 0.3) is 0 Å². The zero-order valence-corrected chi connectivity index (χ0v) is 15.8. The molecular formula is C22H24N2O4. The number of hydrogen-bond donors (Lipinski definition) is 3. The number of rotatable bonds is 6. The molecule has 0 aliphatic carbocycles. The Labute approximate surface area is 163 Å². The molecule has 2 heterocycles. The molecule has 0 amide bonds. The van der Waals surface area contributed by atoms with Crippen LogP contribution in [0.5, 0.6) is 5.75 Å². The number of fused-ring (bicyclic) bond motifs is 3. The third kappa shape index (κ3) is 3.88. The number of aromatic nitrogens is 1. The molecule has 3 aromatic rings. The van der Waals surface area contributed by atoms with Gasteiger partial charge in [0.1, 0.15) is 18.5 Å². The van der Waals surface area contributed by atoms with Crippen LogP contribution in [0, 0.1) is 6.92 Å². The number of β-amino-alcohol motifs (C(OH)–C–C–N with tert-alkyl or cyclic N) is 1. The Bertz CT molecular complexity index is 994. The van der Waals surface area contributed by atoms with E-state index in [1.54, 1.807) is 12.1 Å². The first-order valence-electron chi connectivity index (χ1n) is 9.46. The molecule has 4 rings (SSSR count). The SMILES string of the molecule is Cc1ccc2[nH]c3c(c2c1)CN(CC(O)COc1ccc(C(=O)O)cc1)CC3. The second-order valence-electron chi connectivity index (χ2n) is 7.41. The summed E-state index contributed by atoms with van der Waals surface area (Å²) in [4.78, 5) is 16.6. The van der Waals surface area contributed by atoms with Gasteiger partial charge in [0.2, 0.25) is 0 Å². The Kier molecular flexibility index (Phi) is 5.07. The van der Waals surface area contributed by atoms with Crippen LogP contribution < -0.4 is 4.74 Å². The van der Waals surface area contributed by atoms with Gasteiger partial charge in [0.05, 0.1) is 5.56 Å². The van der Waals surface area contributed by atoms with Crippen LogP contribution in [-0.2, 0) is 13.0 Å². The number of aromatic carboxylic acids is 1. The summed E-state index contributed by atoms with van der Waals surface area (Å²) in [5, 5.41) is 20.6. The summed E-state index contributed by atoms with van der Waals surface area (Å²) in [6.45, 7) is 4.50. The van der Waals surface area contributed by atoms with Gasteiger partial charge < -0.3 is 19.9 Å². The van der Waals surface area contributed by atoms with Crippen LogP contribution in [0.25, 0.3) is 10.9 Å². The van der Waals surface area contributed by atoms with Gasteiger partial charge in [-0.25, -0.2) is 4.79 Å². The second kappa shape index (κ2) is 7.66. The first-order valence-corrected chi connectivity index (χ1v) is 9.46. The molecule has 0 fully saturated rings. The highest BCUT2D eigenvalue weighted by atomic mass is 16.5. The van der Waals surface area contributed by atoms with Crippen molar-refractivity contribution in [3.63, 3.8) is 0 Å². The molecule has 1 unspecified atom stereocenters. The van der Waals surface area contributed by atoms with Gasteiger partial charge in [-0.1, -0.05) is 11.6 Å². The fraction of sp³-hybridized carbons (Fsp3) is 0.318. The Morgan fingerprint density at radius 1 is 1.25 bits per heavy atom. The maximum Gasteiger partial charge on any atom is 0.335 e. The number of aliphatic hydroxyl groups is 1. The van der Waals surface area contributed by atoms with Crippen LogP contribution in [0.1, 0.15) is 27.2 Å². The molecule has 146 valence electrons. The summed E-state index contributed by atoms with van der Waals surface area (Å²) in [6, 6.07) is 12.7. The number of aromatic amines is 1. The minimum Gasteiger partial charge on any atom is -0.491 e. The van der Waals surface area contributed by atoms with Crippen LogP contribution in [0.15, 0.2) is 42.5 Å². The Balaban J connectivity index is 1.35. The molecule has 0 radical (unpaired) electrons. The third-order valence-electron chi connectivity index (χ3n) is 5.22. The number of nitrogens with zero attached hydrogens (tertiary/aromatic N) is 1. The van der Waals surface area contributed by atoms with Gasteiger partial charge in [-0.3, -0.25) is 4.90 Å². The fourth-order valence-electron chi connectivity index (χ4n) is 3.78. The number of hydrogen-bond acceptors (Lipinski definition) is 4. The van der Waals surface area contributed by atoms with E-state index in [9.17, 15) is 9.90 Å². The maximum atomic E-state index is 10.9. The van der Waals surface area contributed by atoms with E-state index < -0.39 is 12.1 Å². The highest BCUT2D eigenvalue weighted by Gasteiger charge is 2.22. The van der Waals surface area contributed by atoms with Crippen molar-refractivity contribution in [2.75, 3.05) is 19.7 Å². The number of ether oxygens (including phenoxy) is 1. The Morgan fingerprint density at radius 3 is 2.79 bits per heavy atom. The van der Waals surface area contributed by atoms with Crippen molar-refractivity contribution in [3.8, 4) is 5.75 Å². The van der Waals surface area contributed by atoms with Gasteiger partial charge in [0, 0.05) is 42.7 Å². The van der Waals surface area contributed by atoms with Gasteiger partial charge in [-0.2, -0.15) is 0 Å². The van der Waals surface area contributed by atoms with E-state index in [2.05, 4.69) is 35.0 Å². The number of nitrogens with one attached hydrogen (secondary N) is 1. The van der Waals surface area contributed by atoms with Crippen molar-refractivity contribution >= 4 is 16.9 Å². The number of carbonyl (C=O) groups is 1. The molecule has 6 heteroatoms. The van der Waals surface area contributed by atoms with E-state index in [1.807, 2.05) is 0 Å². The summed E-state index contributed by atoms with van der Waals surface area (Å²) >= 11 is 0. The first-order chi connectivity index (χ1) is 13.5. The zero-order chi connectivity index (χ0) is 19.7. The third-order valence-corrected chi connectivity index (χ3v) is 5.22. The second-order valence-corrected chi connectivity index (χ2v) is 7.41. The maximum absolute atomic E-state index is 10.9. The lowest BCUT2D eigenvalue weighted by atomic mass is 10.0. The summed E-state index contributed by atoms with van der Waals surface area (Å²) in [5.41, 5.74) is 5.24. The number of benzene rings is 2. The molecular weight excluding hydrogens is 356 g/mol. The molecule has 6 nitrogen and oxygen atoms in total. The molecule has 0 spiro atoms. The van der Waals surface area contributed by atoms with Crippen molar-refractivity contribution in [1.82, 2.24) is 9.88 Å². The minimum atomic E-state index is -0.969. The molecule has 0 saturated heterocycles. The van der Waals surface area contributed by atoms with Crippen LogP contribution in [0.4, 0.5) is 0 Å². The average molecular weight is 380 g/mol. The molecule has 2 aromatic carbocycles. The Morgan fingerprint density at radius 2 is 2.04 bits per heavy atom. The van der Waals surface area contributed by atoms with Crippen molar-refractivity contribution in [2.45, 2.75) is 26.0 Å². The van der Waals surface area contributed by atoms with Gasteiger partial charge >= 0.3 is 5.97 Å². The van der Waals surface area contributed by atoms with Crippen molar-refractivity contribution in [3.05, 3.63) is 64.8 Å². The number of H-pyrrole nitrogens is 1. The number of carboxylic acid groups (broad SMARTS) is 1. The van der Waals surface area contributed by atoms with E-state index >= 15 is 0 Å². The number of aryl methyl sites for hydroxylation is 1. The standard InChI is InChI=1S/C22H24N2O4/c1-14-2-7-20-18(10-14)19-12-24(9-8-21(19)23-20)11-16(25)13-28-17-5-3-15(4-6-17)22(26)27/h2-7,10,16,23,25H,8-9,11-13H2,1H3,(H,26,27). The largest absolute Gasteiger partial charge is 0.491 e. The summed E-state index contributed by atoms with van der Waals surface area (Å²) in [5.74, 6) is -0.416. The predicted molar refractivity (Wildman–Crippen MR) is 107 cm³/mol. The molecule has 1 aromatic heterocycles. The van der Waals surface area contributed by atoms with Crippen molar-refractivity contribution in [1.29, 1.82) is 0 Å². The van der Waals surface area contributed by atoms with Crippen LogP contribution in [0.2, 0.25) is 0 Å². The van der Waals surface area contributed by atoms with Crippen LogP contribution >= 0.6 is 0 Å². The van der Waals surface area contributed by atoms with Crippen molar-refractivity contribution < 1.29 is 19.7 Å². The first kappa shape index (κ1) is 18.5. The lowest BCUT2D eigenvalue weighted by molar-refractivity contribution is 0.0636. The molecule has 1 aliphatic heterocycles. The fourth-order valence-corrected chi connectivity index (χ4v) is 3.78. The molecule has 1 atom stereocenters. The molecule has 0 bridgehead atoms. The van der Waals surface area contributed by atoms with Crippen LogP contribution in [-0.4, -0.2) is 51.9 Å². The van der Waals surface area contributed by atoms with E-state index in [4.69, 9.17) is 9.84 Å².